The number of aliphatic hydroxyl groups is 1. The van der Waals surface area contributed by atoms with Gasteiger partial charge in [0.25, 0.3) is 0 Å². The molecule has 6 nitrogen and oxygen atoms in total. The van der Waals surface area contributed by atoms with Crippen molar-refractivity contribution in [1.82, 2.24) is 14.7 Å². The fraction of sp³-hybridized carbons (Fsp3) is 0.500. The van der Waals surface area contributed by atoms with Crippen molar-refractivity contribution in [3.8, 4) is 0 Å². The van der Waals surface area contributed by atoms with Crippen molar-refractivity contribution >= 4 is 6.09 Å². The molecule has 2 N–H and O–H groups in total. The van der Waals surface area contributed by atoms with Gasteiger partial charge in [0.1, 0.15) is 6.10 Å². The number of β-amino-alcohol motifs (C(OH)–C–C–N with tert-alkyl or cyclic N) is 1. The molecule has 1 aliphatic rings. The second-order valence-electron chi connectivity index (χ2n) is 3.35. The number of rotatable bonds is 0. The summed E-state index contributed by atoms with van der Waals surface area (Å²) in [4.78, 5) is 11.9. The van der Waals surface area contributed by atoms with Crippen LogP contribution in [0.25, 0.3) is 0 Å². The van der Waals surface area contributed by atoms with Crippen molar-refractivity contribution in [3.05, 3.63) is 17.5 Å². The predicted octanol–water partition coefficient (Wildman–Crippen LogP) is -0.0529. The summed E-state index contributed by atoms with van der Waals surface area (Å²) in [6, 6.07) is 0. The van der Waals surface area contributed by atoms with Gasteiger partial charge in [0.05, 0.1) is 25.0 Å². The summed E-state index contributed by atoms with van der Waals surface area (Å²) in [6.45, 7) is 0.409. The van der Waals surface area contributed by atoms with E-state index in [2.05, 4.69) is 5.10 Å². The van der Waals surface area contributed by atoms with Gasteiger partial charge in [0, 0.05) is 12.6 Å². The molecule has 0 spiro atoms. The number of aryl methyl sites for hydroxylation is 1. The second kappa shape index (κ2) is 2.98. The van der Waals surface area contributed by atoms with Gasteiger partial charge >= 0.3 is 6.09 Å². The fourth-order valence-corrected chi connectivity index (χ4v) is 1.65. The molecule has 1 aromatic rings. The number of hydrogen-bond acceptors (Lipinski definition) is 3. The summed E-state index contributed by atoms with van der Waals surface area (Å²) < 4.78 is 1.59. The van der Waals surface area contributed by atoms with Gasteiger partial charge in [-0.15, -0.1) is 0 Å². The van der Waals surface area contributed by atoms with E-state index in [9.17, 15) is 9.90 Å². The molecule has 1 amide bonds. The van der Waals surface area contributed by atoms with Gasteiger partial charge in [0.2, 0.25) is 0 Å². The highest BCUT2D eigenvalue weighted by molar-refractivity contribution is 5.65. The quantitative estimate of drug-likeness (QED) is 0.611. The van der Waals surface area contributed by atoms with E-state index >= 15 is 0 Å². The Morgan fingerprint density at radius 2 is 2.43 bits per heavy atom. The lowest BCUT2D eigenvalue weighted by Gasteiger charge is -2.28. The van der Waals surface area contributed by atoms with Crippen LogP contribution in [0.5, 0.6) is 0 Å². The second-order valence-corrected chi connectivity index (χ2v) is 3.35. The first-order valence-corrected chi connectivity index (χ1v) is 4.26. The summed E-state index contributed by atoms with van der Waals surface area (Å²) in [5, 5.41) is 22.4. The Labute approximate surface area is 80.4 Å². The smallest absolute Gasteiger partial charge is 0.407 e. The largest absolute Gasteiger partial charge is 0.465 e. The average Bonchev–Trinajstić information content (AvgIpc) is 2.48. The van der Waals surface area contributed by atoms with Gasteiger partial charge in [-0.1, -0.05) is 0 Å². The molecule has 2 rings (SSSR count). The van der Waals surface area contributed by atoms with E-state index in [1.165, 1.54) is 4.90 Å². The Hall–Kier alpha value is -1.56. The normalized spacial score (nSPS) is 20.7. The van der Waals surface area contributed by atoms with Crippen LogP contribution >= 0.6 is 0 Å². The molecule has 0 fully saturated rings. The molecule has 0 bridgehead atoms. The number of aliphatic hydroxyl groups excluding tert-OH is 1. The van der Waals surface area contributed by atoms with Crippen LogP contribution in [0.15, 0.2) is 6.20 Å². The van der Waals surface area contributed by atoms with E-state index in [4.69, 9.17) is 5.11 Å². The van der Waals surface area contributed by atoms with Crippen LogP contribution in [0.1, 0.15) is 17.4 Å². The lowest BCUT2D eigenvalue weighted by Crippen LogP contribution is -2.37. The Morgan fingerprint density at radius 1 is 1.71 bits per heavy atom. The molecule has 1 aromatic heterocycles. The molecule has 0 aliphatic carbocycles. The van der Waals surface area contributed by atoms with Crippen LogP contribution in [0.3, 0.4) is 0 Å². The first kappa shape index (κ1) is 9.01. The maximum absolute atomic E-state index is 10.7. The Bertz CT molecular complexity index is 374. The molecule has 14 heavy (non-hydrogen) atoms. The van der Waals surface area contributed by atoms with Crippen LogP contribution in [-0.4, -0.2) is 37.5 Å². The van der Waals surface area contributed by atoms with Gasteiger partial charge < -0.3 is 10.2 Å². The van der Waals surface area contributed by atoms with E-state index < -0.39 is 12.2 Å². The molecular weight excluding hydrogens is 186 g/mol. The third-order valence-electron chi connectivity index (χ3n) is 2.46. The van der Waals surface area contributed by atoms with Crippen LogP contribution in [0.4, 0.5) is 4.79 Å². The Morgan fingerprint density at radius 3 is 3.07 bits per heavy atom. The van der Waals surface area contributed by atoms with Crippen molar-refractivity contribution in [1.29, 1.82) is 0 Å². The first-order chi connectivity index (χ1) is 6.59. The van der Waals surface area contributed by atoms with Crippen LogP contribution in [0, 0.1) is 0 Å². The van der Waals surface area contributed by atoms with E-state index in [1.54, 1.807) is 17.9 Å². The third kappa shape index (κ3) is 1.24. The van der Waals surface area contributed by atoms with E-state index in [0.29, 0.717) is 0 Å². The summed E-state index contributed by atoms with van der Waals surface area (Å²) >= 11 is 0. The molecule has 0 aromatic carbocycles. The lowest BCUT2D eigenvalue weighted by molar-refractivity contribution is 0.0803. The van der Waals surface area contributed by atoms with E-state index in [0.717, 1.165) is 11.3 Å². The fourth-order valence-electron chi connectivity index (χ4n) is 1.65. The molecular formula is C8H11N3O3. The number of aromatic nitrogens is 2. The number of hydrogen-bond donors (Lipinski definition) is 2. The van der Waals surface area contributed by atoms with E-state index in [-0.39, 0.29) is 13.1 Å². The minimum Gasteiger partial charge on any atom is -0.465 e. The number of amides is 1. The molecule has 6 heteroatoms. The maximum Gasteiger partial charge on any atom is 0.407 e. The summed E-state index contributed by atoms with van der Waals surface area (Å²) in [5.74, 6) is 0. The average molecular weight is 197 g/mol. The number of carboxylic acid groups (broad SMARTS) is 1. The molecule has 76 valence electrons. The third-order valence-corrected chi connectivity index (χ3v) is 2.46. The number of nitrogens with zero attached hydrogens (tertiary/aromatic N) is 3. The molecule has 1 atom stereocenters. The van der Waals surface area contributed by atoms with Crippen molar-refractivity contribution in [3.63, 3.8) is 0 Å². The van der Waals surface area contributed by atoms with Gasteiger partial charge in [-0.3, -0.25) is 9.58 Å². The zero-order chi connectivity index (χ0) is 10.3. The van der Waals surface area contributed by atoms with Crippen molar-refractivity contribution in [2.45, 2.75) is 12.6 Å². The van der Waals surface area contributed by atoms with Crippen LogP contribution < -0.4 is 0 Å². The zero-order valence-electron chi connectivity index (χ0n) is 7.71. The molecule has 1 unspecified atom stereocenters. The van der Waals surface area contributed by atoms with Gasteiger partial charge in [-0.05, 0) is 0 Å². The molecule has 0 saturated carbocycles. The highest BCUT2D eigenvalue weighted by Gasteiger charge is 2.28. The summed E-state index contributed by atoms with van der Waals surface area (Å²) in [6.07, 6.45) is -0.196. The lowest BCUT2D eigenvalue weighted by atomic mass is 10.1. The highest BCUT2D eigenvalue weighted by atomic mass is 16.4. The standard InChI is InChI=1S/C8H11N3O3/c1-10-6-3-11(8(13)14)4-7(12)5(6)2-9-10/h2,7,12H,3-4H2,1H3,(H,13,14). The Balaban J connectivity index is 2.35. The van der Waals surface area contributed by atoms with Gasteiger partial charge in [0.15, 0.2) is 0 Å². The molecule has 0 saturated heterocycles. The minimum atomic E-state index is -1.02. The minimum absolute atomic E-state index is 0.119. The first-order valence-electron chi connectivity index (χ1n) is 4.26. The predicted molar refractivity (Wildman–Crippen MR) is 46.6 cm³/mol. The highest BCUT2D eigenvalue weighted by Crippen LogP contribution is 2.25. The van der Waals surface area contributed by atoms with E-state index in [1.807, 2.05) is 0 Å². The van der Waals surface area contributed by atoms with Gasteiger partial charge in [-0.2, -0.15) is 5.10 Å². The monoisotopic (exact) mass is 197 g/mol. The van der Waals surface area contributed by atoms with Crippen molar-refractivity contribution < 1.29 is 15.0 Å². The molecule has 0 radical (unpaired) electrons. The Kier molecular flexibility index (Phi) is 1.92. The number of fused-ring (bicyclic) bond motifs is 1. The van der Waals surface area contributed by atoms with Crippen molar-refractivity contribution in [2.75, 3.05) is 6.54 Å². The summed E-state index contributed by atoms with van der Waals surface area (Å²) in [7, 11) is 1.73. The topological polar surface area (TPSA) is 78.6 Å². The molecule has 1 aliphatic heterocycles. The van der Waals surface area contributed by atoms with Gasteiger partial charge in [-0.25, -0.2) is 4.79 Å². The molecule has 2 heterocycles. The van der Waals surface area contributed by atoms with Crippen LogP contribution in [-0.2, 0) is 13.6 Å². The number of carbonyl (C=O) groups is 1. The SMILES string of the molecule is Cn1ncc2c1CN(C(=O)O)CC2O. The van der Waals surface area contributed by atoms with Crippen molar-refractivity contribution in [2.24, 2.45) is 7.05 Å². The van der Waals surface area contributed by atoms with Crippen LogP contribution in [0.2, 0.25) is 0 Å². The summed E-state index contributed by atoms with van der Waals surface area (Å²) in [5.41, 5.74) is 1.48. The maximum atomic E-state index is 10.7. The zero-order valence-corrected chi connectivity index (χ0v) is 7.71.